The molecule has 4 rings (SSSR count). The molecule has 3 heterocycles. The van der Waals surface area contributed by atoms with Gasteiger partial charge in [0.1, 0.15) is 10.8 Å². The Bertz CT molecular complexity index is 802. The van der Waals surface area contributed by atoms with Crippen LogP contribution >= 0.6 is 11.3 Å². The van der Waals surface area contributed by atoms with Gasteiger partial charge in [0, 0.05) is 41.6 Å². The van der Waals surface area contributed by atoms with Crippen LogP contribution in [0.1, 0.15) is 29.5 Å². The molecule has 0 radical (unpaired) electrons. The Labute approximate surface area is 151 Å². The van der Waals surface area contributed by atoms with Crippen molar-refractivity contribution in [2.45, 2.75) is 25.4 Å². The molecule has 5 nitrogen and oxygen atoms in total. The van der Waals surface area contributed by atoms with E-state index in [1.807, 2.05) is 42.9 Å². The Morgan fingerprint density at radius 3 is 2.64 bits per heavy atom. The molecule has 0 aliphatic carbocycles. The van der Waals surface area contributed by atoms with Crippen molar-refractivity contribution in [3.05, 3.63) is 58.8 Å². The van der Waals surface area contributed by atoms with Crippen molar-refractivity contribution >= 4 is 11.3 Å². The SMILES string of the molecule is COc1ccc(-c2ncc(CN3CCCC3c3nccs3)cn2)cc1. The highest BCUT2D eigenvalue weighted by atomic mass is 32.1. The van der Waals surface area contributed by atoms with Crippen LogP contribution in [0.5, 0.6) is 5.75 Å². The molecular formula is C19H20N4OS. The largest absolute Gasteiger partial charge is 0.497 e. The van der Waals surface area contributed by atoms with Gasteiger partial charge in [-0.25, -0.2) is 15.0 Å². The lowest BCUT2D eigenvalue weighted by atomic mass is 10.2. The molecule has 1 aromatic carbocycles. The van der Waals surface area contributed by atoms with Gasteiger partial charge in [-0.2, -0.15) is 0 Å². The maximum Gasteiger partial charge on any atom is 0.159 e. The van der Waals surface area contributed by atoms with Crippen molar-refractivity contribution in [3.63, 3.8) is 0 Å². The molecule has 1 aliphatic rings. The fraction of sp³-hybridized carbons (Fsp3) is 0.316. The average Bonchev–Trinajstić information content (AvgIpc) is 3.34. The van der Waals surface area contributed by atoms with E-state index < -0.39 is 0 Å². The Morgan fingerprint density at radius 2 is 1.96 bits per heavy atom. The van der Waals surface area contributed by atoms with Crippen molar-refractivity contribution in [2.75, 3.05) is 13.7 Å². The zero-order chi connectivity index (χ0) is 17.1. The second-order valence-electron chi connectivity index (χ2n) is 6.14. The summed E-state index contributed by atoms with van der Waals surface area (Å²) in [5.74, 6) is 1.58. The fourth-order valence-electron chi connectivity index (χ4n) is 3.25. The summed E-state index contributed by atoms with van der Waals surface area (Å²) in [7, 11) is 1.66. The quantitative estimate of drug-likeness (QED) is 0.696. The van der Waals surface area contributed by atoms with Gasteiger partial charge in [0.15, 0.2) is 5.82 Å². The minimum absolute atomic E-state index is 0.432. The second-order valence-corrected chi connectivity index (χ2v) is 7.07. The molecule has 3 aromatic rings. The topological polar surface area (TPSA) is 51.1 Å². The van der Waals surface area contributed by atoms with Crippen LogP contribution in [0.3, 0.4) is 0 Å². The van der Waals surface area contributed by atoms with E-state index in [4.69, 9.17) is 4.74 Å². The van der Waals surface area contributed by atoms with Gasteiger partial charge in [-0.15, -0.1) is 11.3 Å². The zero-order valence-electron chi connectivity index (χ0n) is 14.1. The number of aromatic nitrogens is 3. The number of thiazole rings is 1. The number of rotatable bonds is 5. The summed E-state index contributed by atoms with van der Waals surface area (Å²) in [5, 5.41) is 3.27. The highest BCUT2D eigenvalue weighted by molar-refractivity contribution is 7.09. The van der Waals surface area contributed by atoms with Gasteiger partial charge in [0.05, 0.1) is 13.2 Å². The van der Waals surface area contributed by atoms with Crippen LogP contribution in [0.15, 0.2) is 48.2 Å². The summed E-state index contributed by atoms with van der Waals surface area (Å²) >= 11 is 1.74. The van der Waals surface area contributed by atoms with Crippen LogP contribution in [0, 0.1) is 0 Å². The molecule has 0 bridgehead atoms. The number of nitrogens with zero attached hydrogens (tertiary/aromatic N) is 4. The normalized spacial score (nSPS) is 17.7. The van der Waals surface area contributed by atoms with Crippen LogP contribution in [0.25, 0.3) is 11.4 Å². The van der Waals surface area contributed by atoms with Gasteiger partial charge in [0.25, 0.3) is 0 Å². The number of likely N-dealkylation sites (tertiary alicyclic amines) is 1. The maximum absolute atomic E-state index is 5.19. The van der Waals surface area contributed by atoms with Gasteiger partial charge in [-0.1, -0.05) is 0 Å². The van der Waals surface area contributed by atoms with Crippen LogP contribution in [0.4, 0.5) is 0 Å². The minimum atomic E-state index is 0.432. The fourth-order valence-corrected chi connectivity index (χ4v) is 4.06. The molecule has 128 valence electrons. The molecule has 1 fully saturated rings. The maximum atomic E-state index is 5.19. The molecule has 0 N–H and O–H groups in total. The first-order valence-corrected chi connectivity index (χ1v) is 9.30. The van der Waals surface area contributed by atoms with Gasteiger partial charge in [-0.05, 0) is 43.7 Å². The zero-order valence-corrected chi connectivity index (χ0v) is 14.9. The van der Waals surface area contributed by atoms with E-state index in [0.717, 1.165) is 35.8 Å². The Morgan fingerprint density at radius 1 is 1.16 bits per heavy atom. The number of hydrogen-bond acceptors (Lipinski definition) is 6. The molecule has 1 atom stereocenters. The molecule has 0 saturated carbocycles. The summed E-state index contributed by atoms with van der Waals surface area (Å²) in [6.45, 7) is 1.97. The van der Waals surface area contributed by atoms with E-state index >= 15 is 0 Å². The van der Waals surface area contributed by atoms with Crippen LogP contribution in [-0.2, 0) is 6.54 Å². The van der Waals surface area contributed by atoms with Gasteiger partial charge in [-0.3, -0.25) is 4.90 Å². The molecule has 1 unspecified atom stereocenters. The van der Waals surface area contributed by atoms with Crippen LogP contribution in [0.2, 0.25) is 0 Å². The lowest BCUT2D eigenvalue weighted by molar-refractivity contribution is 0.247. The molecule has 0 spiro atoms. The summed E-state index contributed by atoms with van der Waals surface area (Å²) < 4.78 is 5.19. The van der Waals surface area contributed by atoms with Crippen LogP contribution < -0.4 is 4.74 Å². The molecule has 25 heavy (non-hydrogen) atoms. The number of ether oxygens (including phenoxy) is 1. The lowest BCUT2D eigenvalue weighted by Crippen LogP contribution is -2.22. The molecule has 2 aromatic heterocycles. The third-order valence-corrected chi connectivity index (χ3v) is 5.42. The predicted octanol–water partition coefficient (Wildman–Crippen LogP) is 3.95. The van der Waals surface area contributed by atoms with E-state index in [1.165, 1.54) is 17.8 Å². The van der Waals surface area contributed by atoms with Crippen molar-refractivity contribution in [3.8, 4) is 17.1 Å². The average molecular weight is 352 g/mol. The van der Waals surface area contributed by atoms with Gasteiger partial charge < -0.3 is 4.74 Å². The number of hydrogen-bond donors (Lipinski definition) is 0. The van der Waals surface area contributed by atoms with Crippen molar-refractivity contribution in [2.24, 2.45) is 0 Å². The first-order chi connectivity index (χ1) is 12.3. The van der Waals surface area contributed by atoms with Crippen molar-refractivity contribution in [1.29, 1.82) is 0 Å². The third-order valence-electron chi connectivity index (χ3n) is 4.54. The number of methoxy groups -OCH3 is 1. The highest BCUT2D eigenvalue weighted by Gasteiger charge is 2.27. The second kappa shape index (κ2) is 7.29. The summed E-state index contributed by atoms with van der Waals surface area (Å²) in [4.78, 5) is 16.1. The van der Waals surface area contributed by atoms with E-state index in [9.17, 15) is 0 Å². The summed E-state index contributed by atoms with van der Waals surface area (Å²) in [5.41, 5.74) is 2.13. The van der Waals surface area contributed by atoms with E-state index in [2.05, 4.69) is 25.2 Å². The van der Waals surface area contributed by atoms with E-state index in [-0.39, 0.29) is 0 Å². The Balaban J connectivity index is 1.46. The van der Waals surface area contributed by atoms with E-state index in [0.29, 0.717) is 6.04 Å². The lowest BCUT2D eigenvalue weighted by Gasteiger charge is -2.22. The first kappa shape index (κ1) is 16.2. The molecule has 6 heteroatoms. The highest BCUT2D eigenvalue weighted by Crippen LogP contribution is 2.34. The van der Waals surface area contributed by atoms with Crippen molar-refractivity contribution in [1.82, 2.24) is 19.9 Å². The third kappa shape index (κ3) is 3.55. The standard InChI is InChI=1S/C19H20N4OS/c1-24-16-6-4-15(5-7-16)18-21-11-14(12-22-18)13-23-9-2-3-17(23)19-20-8-10-25-19/h4-8,10-12,17H,2-3,9,13H2,1H3. The van der Waals surface area contributed by atoms with Crippen LogP contribution in [-0.4, -0.2) is 33.5 Å². The molecular weight excluding hydrogens is 332 g/mol. The molecule has 0 amide bonds. The monoisotopic (exact) mass is 352 g/mol. The van der Waals surface area contributed by atoms with Gasteiger partial charge in [0.2, 0.25) is 0 Å². The predicted molar refractivity (Wildman–Crippen MR) is 98.5 cm³/mol. The Hall–Kier alpha value is -2.31. The molecule has 1 aliphatic heterocycles. The minimum Gasteiger partial charge on any atom is -0.497 e. The summed E-state index contributed by atoms with van der Waals surface area (Å²) in [6.07, 6.45) is 8.16. The van der Waals surface area contributed by atoms with E-state index in [1.54, 1.807) is 18.4 Å². The number of benzene rings is 1. The summed E-state index contributed by atoms with van der Waals surface area (Å²) in [6, 6.07) is 8.24. The molecule has 1 saturated heterocycles. The first-order valence-electron chi connectivity index (χ1n) is 8.42. The van der Waals surface area contributed by atoms with Gasteiger partial charge >= 0.3 is 0 Å². The smallest absolute Gasteiger partial charge is 0.159 e. The Kier molecular flexibility index (Phi) is 4.72. The van der Waals surface area contributed by atoms with Crippen molar-refractivity contribution < 1.29 is 4.74 Å².